The van der Waals surface area contributed by atoms with Crippen molar-refractivity contribution in [3.63, 3.8) is 0 Å². The minimum Gasteiger partial charge on any atom is -0.309 e. The van der Waals surface area contributed by atoms with Crippen LogP contribution in [0.15, 0.2) is 285 Å². The summed E-state index contributed by atoms with van der Waals surface area (Å²) in [6.45, 7) is 0. The Balaban J connectivity index is 0.963. The quantitative estimate of drug-likeness (QED) is 0.144. The monoisotopic (exact) mass is 953 g/mol. The van der Waals surface area contributed by atoms with Gasteiger partial charge in [0.1, 0.15) is 0 Å². The van der Waals surface area contributed by atoms with Crippen molar-refractivity contribution in [3.8, 4) is 72.7 Å². The summed E-state index contributed by atoms with van der Waals surface area (Å²) in [4.78, 5) is 0. The number of benzene rings is 12. The normalized spacial score (nSPS) is 11.7. The Bertz CT molecular complexity index is 4500. The van der Waals surface area contributed by atoms with E-state index in [2.05, 4.69) is 299 Å². The smallest absolute Gasteiger partial charge is 0.0548 e. The number of para-hydroxylation sites is 4. The van der Waals surface area contributed by atoms with Crippen LogP contribution >= 0.6 is 0 Å². The zero-order valence-electron chi connectivity index (χ0n) is 41.0. The molecule has 12 aromatic carbocycles. The summed E-state index contributed by atoms with van der Waals surface area (Å²) in [7, 11) is 0. The van der Waals surface area contributed by atoms with Crippen LogP contribution in [-0.4, -0.2) is 13.7 Å². The molecule has 3 heteroatoms. The van der Waals surface area contributed by atoms with Crippen molar-refractivity contribution in [1.29, 1.82) is 0 Å². The number of fused-ring (bicyclic) bond motifs is 9. The van der Waals surface area contributed by atoms with E-state index < -0.39 is 0 Å². The molecule has 350 valence electrons. The minimum absolute atomic E-state index is 1.11. The van der Waals surface area contributed by atoms with Crippen molar-refractivity contribution in [2.24, 2.45) is 0 Å². The van der Waals surface area contributed by atoms with E-state index in [1.54, 1.807) is 0 Å². The first kappa shape index (κ1) is 42.7. The summed E-state index contributed by atoms with van der Waals surface area (Å²) in [5.41, 5.74) is 22.2. The molecule has 3 aromatic heterocycles. The zero-order chi connectivity index (χ0) is 49.4. The molecular weight excluding hydrogens is 907 g/mol. The van der Waals surface area contributed by atoms with Gasteiger partial charge in [-0.2, -0.15) is 0 Å². The van der Waals surface area contributed by atoms with Crippen molar-refractivity contribution in [2.75, 3.05) is 0 Å². The number of hydrogen-bond donors (Lipinski definition) is 0. The zero-order valence-corrected chi connectivity index (χ0v) is 41.0. The van der Waals surface area contributed by atoms with Crippen LogP contribution in [-0.2, 0) is 0 Å². The first-order valence-electron chi connectivity index (χ1n) is 25.8. The Labute approximate surface area is 434 Å². The van der Waals surface area contributed by atoms with Gasteiger partial charge < -0.3 is 13.7 Å². The van der Waals surface area contributed by atoms with Gasteiger partial charge in [0.05, 0.1) is 33.1 Å². The lowest BCUT2D eigenvalue weighted by molar-refractivity contribution is 1.13. The lowest BCUT2D eigenvalue weighted by Crippen LogP contribution is -2.00. The van der Waals surface area contributed by atoms with Gasteiger partial charge in [-0.05, 0) is 128 Å². The summed E-state index contributed by atoms with van der Waals surface area (Å²) in [5, 5.41) is 7.32. The third kappa shape index (κ3) is 7.12. The first-order valence-corrected chi connectivity index (χ1v) is 25.8. The van der Waals surface area contributed by atoms with E-state index in [0.717, 1.165) is 55.8 Å². The van der Waals surface area contributed by atoms with Gasteiger partial charge in [0.15, 0.2) is 0 Å². The summed E-state index contributed by atoms with van der Waals surface area (Å²) >= 11 is 0. The molecule has 15 rings (SSSR count). The number of hydrogen-bond acceptors (Lipinski definition) is 0. The third-order valence-corrected chi connectivity index (χ3v) is 15.4. The van der Waals surface area contributed by atoms with Crippen molar-refractivity contribution in [2.45, 2.75) is 0 Å². The molecule has 0 saturated carbocycles. The fourth-order valence-corrected chi connectivity index (χ4v) is 11.9. The number of aromatic nitrogens is 3. The van der Waals surface area contributed by atoms with E-state index in [4.69, 9.17) is 0 Å². The topological polar surface area (TPSA) is 14.8 Å². The van der Waals surface area contributed by atoms with Crippen LogP contribution < -0.4 is 0 Å². The number of rotatable bonds is 8. The van der Waals surface area contributed by atoms with Crippen LogP contribution in [0.3, 0.4) is 0 Å². The second kappa shape index (κ2) is 17.4. The summed E-state index contributed by atoms with van der Waals surface area (Å²) in [5.74, 6) is 0. The van der Waals surface area contributed by atoms with E-state index in [9.17, 15) is 0 Å². The van der Waals surface area contributed by atoms with Gasteiger partial charge in [-0.15, -0.1) is 0 Å². The second-order valence-electron chi connectivity index (χ2n) is 19.7. The average molecular weight is 954 g/mol. The van der Waals surface area contributed by atoms with E-state index in [1.807, 2.05) is 0 Å². The van der Waals surface area contributed by atoms with E-state index in [0.29, 0.717) is 0 Å². The highest BCUT2D eigenvalue weighted by Gasteiger charge is 2.21. The Hall–Kier alpha value is -9.96. The minimum atomic E-state index is 1.11. The molecule has 0 radical (unpaired) electrons. The van der Waals surface area contributed by atoms with Gasteiger partial charge >= 0.3 is 0 Å². The molecular formula is C72H47N3. The van der Waals surface area contributed by atoms with Crippen LogP contribution in [0, 0.1) is 0 Å². The second-order valence-corrected chi connectivity index (χ2v) is 19.7. The number of nitrogens with zero attached hydrogens (tertiary/aromatic N) is 3. The standard InChI is InChI=1S/C72H47N3/c1-4-18-48(19-5-1)51-32-36-53(37-33-51)55-40-56(54-38-34-52(35-39-54)49-20-6-2-7-21-49)42-58(41-55)74-69-30-16-12-26-63(69)65-47-72-66(46-71(65)74)64-27-13-17-31-70(64)75(72)60-44-57(50-22-8-3-9-23-50)43-59(45-60)73-67-28-14-10-24-61(67)62-25-11-15-29-68(62)73/h1-47H. The Morgan fingerprint density at radius 1 is 0.147 bits per heavy atom. The fraction of sp³-hybridized carbons (Fsp3) is 0. The van der Waals surface area contributed by atoms with Crippen LogP contribution in [0.1, 0.15) is 0 Å². The largest absolute Gasteiger partial charge is 0.309 e. The maximum absolute atomic E-state index is 2.50. The van der Waals surface area contributed by atoms with Crippen molar-refractivity contribution < 1.29 is 0 Å². The molecule has 0 spiro atoms. The molecule has 0 atom stereocenters. The molecule has 3 nitrogen and oxygen atoms in total. The molecule has 0 unspecified atom stereocenters. The van der Waals surface area contributed by atoms with Crippen LogP contribution in [0.5, 0.6) is 0 Å². The molecule has 0 bridgehead atoms. The van der Waals surface area contributed by atoms with Gasteiger partial charge in [-0.1, -0.05) is 212 Å². The Kier molecular flexibility index (Phi) is 9.89. The van der Waals surface area contributed by atoms with Crippen molar-refractivity contribution >= 4 is 65.4 Å². The average Bonchev–Trinajstić information content (AvgIpc) is 4.12. The van der Waals surface area contributed by atoms with E-state index in [-0.39, 0.29) is 0 Å². The lowest BCUT2D eigenvalue weighted by atomic mass is 9.95. The molecule has 0 saturated heterocycles. The highest BCUT2D eigenvalue weighted by molar-refractivity contribution is 6.19. The highest BCUT2D eigenvalue weighted by Crippen LogP contribution is 2.43. The predicted molar refractivity (Wildman–Crippen MR) is 317 cm³/mol. The van der Waals surface area contributed by atoms with Crippen molar-refractivity contribution in [3.05, 3.63) is 285 Å². The summed E-state index contributed by atoms with van der Waals surface area (Å²) < 4.78 is 7.44. The van der Waals surface area contributed by atoms with Gasteiger partial charge in [0, 0.05) is 49.4 Å². The molecule has 0 aliphatic heterocycles. The van der Waals surface area contributed by atoms with Gasteiger partial charge in [0.25, 0.3) is 0 Å². The maximum atomic E-state index is 2.50. The van der Waals surface area contributed by atoms with Gasteiger partial charge in [-0.3, -0.25) is 0 Å². The van der Waals surface area contributed by atoms with Crippen molar-refractivity contribution in [1.82, 2.24) is 13.7 Å². The summed E-state index contributed by atoms with van der Waals surface area (Å²) in [6.07, 6.45) is 0. The lowest BCUT2D eigenvalue weighted by Gasteiger charge is -2.16. The summed E-state index contributed by atoms with van der Waals surface area (Å²) in [6, 6.07) is 105. The SMILES string of the molecule is c1ccc(-c2ccc(-c3cc(-c4ccc(-c5ccccc5)cc4)cc(-n4c5ccccc5c5cc6c(cc54)c4ccccc4n6-c4cc(-c5ccccc5)cc(-n5c6ccccc6c6ccccc65)c4)c3)cc2)cc1. The molecule has 0 N–H and O–H groups in total. The first-order chi connectivity index (χ1) is 37.2. The Morgan fingerprint density at radius 2 is 0.387 bits per heavy atom. The van der Waals surface area contributed by atoms with Crippen LogP contribution in [0.2, 0.25) is 0 Å². The predicted octanol–water partition coefficient (Wildman–Crippen LogP) is 19.3. The molecule has 0 aliphatic carbocycles. The van der Waals surface area contributed by atoms with E-state index >= 15 is 0 Å². The van der Waals surface area contributed by atoms with Gasteiger partial charge in [0.2, 0.25) is 0 Å². The van der Waals surface area contributed by atoms with E-state index in [1.165, 1.54) is 82.3 Å². The van der Waals surface area contributed by atoms with Crippen LogP contribution in [0.25, 0.3) is 138 Å². The molecule has 3 heterocycles. The molecule has 0 aliphatic rings. The highest BCUT2D eigenvalue weighted by atomic mass is 15.0. The fourth-order valence-electron chi connectivity index (χ4n) is 11.9. The third-order valence-electron chi connectivity index (χ3n) is 15.4. The molecule has 0 amide bonds. The van der Waals surface area contributed by atoms with Crippen LogP contribution in [0.4, 0.5) is 0 Å². The maximum Gasteiger partial charge on any atom is 0.0548 e. The molecule has 0 fully saturated rings. The molecule has 75 heavy (non-hydrogen) atoms. The van der Waals surface area contributed by atoms with Gasteiger partial charge in [-0.25, -0.2) is 0 Å². The Morgan fingerprint density at radius 3 is 0.747 bits per heavy atom. The molecule has 15 aromatic rings.